The third kappa shape index (κ3) is 4.96. The van der Waals surface area contributed by atoms with E-state index in [1.165, 1.54) is 0 Å². The van der Waals surface area contributed by atoms with Gasteiger partial charge in [-0.1, -0.05) is 12.1 Å². The molecule has 1 aliphatic heterocycles. The zero-order chi connectivity index (χ0) is 16.8. The lowest BCUT2D eigenvalue weighted by Gasteiger charge is -2.35. The molecule has 0 aliphatic carbocycles. The van der Waals surface area contributed by atoms with Crippen molar-refractivity contribution in [2.24, 2.45) is 0 Å². The van der Waals surface area contributed by atoms with Crippen LogP contribution >= 0.6 is 0 Å². The molecule has 0 aromatic heterocycles. The van der Waals surface area contributed by atoms with Crippen molar-refractivity contribution < 1.29 is 14.3 Å². The third-order valence-electron chi connectivity index (χ3n) is 3.98. The van der Waals surface area contributed by atoms with Crippen LogP contribution in [-0.2, 0) is 9.59 Å². The molecule has 0 radical (unpaired) electrons. The highest BCUT2D eigenvalue weighted by atomic mass is 16.5. The monoisotopic (exact) mass is 319 g/mol. The van der Waals surface area contributed by atoms with Crippen molar-refractivity contribution in [2.45, 2.75) is 20.0 Å². The molecule has 1 aliphatic rings. The Bertz CT molecular complexity index is 554. The molecule has 2 amide bonds. The predicted molar refractivity (Wildman–Crippen MR) is 88.4 cm³/mol. The van der Waals surface area contributed by atoms with Gasteiger partial charge in [-0.25, -0.2) is 0 Å². The van der Waals surface area contributed by atoms with Crippen LogP contribution in [0.15, 0.2) is 24.3 Å². The van der Waals surface area contributed by atoms with Crippen LogP contribution in [0.1, 0.15) is 12.5 Å². The Morgan fingerprint density at radius 2 is 1.96 bits per heavy atom. The maximum Gasteiger partial charge on any atom is 0.263 e. The molecule has 1 N–H and O–H groups in total. The largest absolute Gasteiger partial charge is 0.481 e. The zero-order valence-corrected chi connectivity index (χ0v) is 14.0. The summed E-state index contributed by atoms with van der Waals surface area (Å²) in [5.74, 6) is 0.705. The van der Waals surface area contributed by atoms with E-state index < -0.39 is 6.10 Å². The molecule has 6 nitrogen and oxygen atoms in total. The molecular weight excluding hydrogens is 294 g/mol. The van der Waals surface area contributed by atoms with Gasteiger partial charge in [0.25, 0.3) is 5.91 Å². The first-order valence-corrected chi connectivity index (χ1v) is 7.94. The van der Waals surface area contributed by atoms with E-state index in [1.54, 1.807) is 18.9 Å². The van der Waals surface area contributed by atoms with Gasteiger partial charge in [-0.3, -0.25) is 14.5 Å². The van der Waals surface area contributed by atoms with E-state index in [4.69, 9.17) is 4.74 Å². The highest BCUT2D eigenvalue weighted by Gasteiger charge is 2.26. The molecule has 0 bridgehead atoms. The van der Waals surface area contributed by atoms with Gasteiger partial charge in [0.05, 0.1) is 6.54 Å². The van der Waals surface area contributed by atoms with E-state index in [0.717, 1.165) is 5.56 Å². The molecule has 1 saturated heterocycles. The first-order valence-electron chi connectivity index (χ1n) is 7.94. The number of rotatable bonds is 5. The first-order chi connectivity index (χ1) is 11.0. The molecular formula is C17H25N3O3. The molecule has 0 saturated carbocycles. The van der Waals surface area contributed by atoms with Crippen molar-refractivity contribution in [1.29, 1.82) is 0 Å². The first kappa shape index (κ1) is 17.3. The number of ether oxygens (including phenoxy) is 1. The number of amides is 2. The minimum Gasteiger partial charge on any atom is -0.481 e. The molecule has 6 heteroatoms. The Morgan fingerprint density at radius 3 is 2.57 bits per heavy atom. The van der Waals surface area contributed by atoms with Gasteiger partial charge in [-0.2, -0.15) is 0 Å². The average molecular weight is 319 g/mol. The number of carbonyl (C=O) groups excluding carboxylic acids is 2. The van der Waals surface area contributed by atoms with Crippen molar-refractivity contribution in [3.63, 3.8) is 0 Å². The number of hydrogen-bond acceptors (Lipinski definition) is 4. The van der Waals surface area contributed by atoms with Gasteiger partial charge in [0, 0.05) is 33.2 Å². The summed E-state index contributed by atoms with van der Waals surface area (Å²) in [7, 11) is 1.63. The van der Waals surface area contributed by atoms with Crippen molar-refractivity contribution >= 4 is 11.8 Å². The maximum atomic E-state index is 12.5. The van der Waals surface area contributed by atoms with Crippen LogP contribution in [0.4, 0.5) is 0 Å². The molecule has 0 spiro atoms. The Balaban J connectivity index is 1.83. The third-order valence-corrected chi connectivity index (χ3v) is 3.98. The normalized spacial score (nSPS) is 16.7. The predicted octanol–water partition coefficient (Wildman–Crippen LogP) is 0.653. The lowest BCUT2D eigenvalue weighted by molar-refractivity contribution is -0.139. The van der Waals surface area contributed by atoms with Crippen LogP contribution in [0.25, 0.3) is 0 Å². The molecule has 1 unspecified atom stereocenters. The van der Waals surface area contributed by atoms with Crippen LogP contribution in [-0.4, -0.2) is 67.5 Å². The molecule has 1 heterocycles. The SMILES string of the molecule is CNC(=O)CN1CCN(C(=O)C(C)Oc2cccc(C)c2)CC1. The fourth-order valence-corrected chi connectivity index (χ4v) is 2.61. The summed E-state index contributed by atoms with van der Waals surface area (Å²) in [5.41, 5.74) is 1.10. The van der Waals surface area contributed by atoms with Gasteiger partial charge in [0.15, 0.2) is 6.10 Å². The second kappa shape index (κ2) is 7.97. The molecule has 2 rings (SSSR count). The lowest BCUT2D eigenvalue weighted by atomic mass is 10.2. The second-order valence-electron chi connectivity index (χ2n) is 5.85. The fourth-order valence-electron chi connectivity index (χ4n) is 2.61. The highest BCUT2D eigenvalue weighted by molar-refractivity contribution is 5.81. The quantitative estimate of drug-likeness (QED) is 0.866. The van der Waals surface area contributed by atoms with E-state index in [-0.39, 0.29) is 11.8 Å². The van der Waals surface area contributed by atoms with E-state index in [2.05, 4.69) is 10.2 Å². The van der Waals surface area contributed by atoms with Crippen LogP contribution in [0.3, 0.4) is 0 Å². The van der Waals surface area contributed by atoms with Crippen molar-refractivity contribution in [3.8, 4) is 5.75 Å². The van der Waals surface area contributed by atoms with Gasteiger partial charge in [-0.15, -0.1) is 0 Å². The summed E-state index contributed by atoms with van der Waals surface area (Å²) in [6, 6.07) is 7.69. The van der Waals surface area contributed by atoms with Crippen LogP contribution in [0, 0.1) is 6.92 Å². The maximum absolute atomic E-state index is 12.5. The van der Waals surface area contributed by atoms with Gasteiger partial charge >= 0.3 is 0 Å². The second-order valence-corrected chi connectivity index (χ2v) is 5.85. The van der Waals surface area contributed by atoms with Crippen molar-refractivity contribution in [3.05, 3.63) is 29.8 Å². The zero-order valence-electron chi connectivity index (χ0n) is 14.0. The number of aryl methyl sites for hydroxylation is 1. The average Bonchev–Trinajstić information content (AvgIpc) is 2.54. The van der Waals surface area contributed by atoms with Gasteiger partial charge in [-0.05, 0) is 31.5 Å². The van der Waals surface area contributed by atoms with E-state index in [1.807, 2.05) is 31.2 Å². The Labute approximate surface area is 137 Å². The number of nitrogens with zero attached hydrogens (tertiary/aromatic N) is 2. The van der Waals surface area contributed by atoms with Crippen molar-refractivity contribution in [1.82, 2.24) is 15.1 Å². The summed E-state index contributed by atoms with van der Waals surface area (Å²) in [6.45, 7) is 6.81. The molecule has 126 valence electrons. The van der Waals surface area contributed by atoms with Crippen molar-refractivity contribution in [2.75, 3.05) is 39.8 Å². The summed E-state index contributed by atoms with van der Waals surface area (Å²) in [5, 5.41) is 2.62. The topological polar surface area (TPSA) is 61.9 Å². The van der Waals surface area contributed by atoms with E-state index in [9.17, 15) is 9.59 Å². The minimum atomic E-state index is -0.512. The number of carbonyl (C=O) groups is 2. The summed E-state index contributed by atoms with van der Waals surface area (Å²) < 4.78 is 5.75. The molecule has 1 aromatic carbocycles. The van der Waals surface area contributed by atoms with Gasteiger partial charge in [0.1, 0.15) is 5.75 Å². The molecule has 1 atom stereocenters. The molecule has 23 heavy (non-hydrogen) atoms. The van der Waals surface area contributed by atoms with Crippen LogP contribution in [0.5, 0.6) is 5.75 Å². The Morgan fingerprint density at radius 1 is 1.26 bits per heavy atom. The van der Waals surface area contributed by atoms with Gasteiger partial charge < -0.3 is 15.0 Å². The lowest BCUT2D eigenvalue weighted by Crippen LogP contribution is -2.53. The smallest absolute Gasteiger partial charge is 0.263 e. The van der Waals surface area contributed by atoms with E-state index in [0.29, 0.717) is 38.5 Å². The number of likely N-dealkylation sites (N-methyl/N-ethyl adjacent to an activating group) is 1. The van der Waals surface area contributed by atoms with E-state index >= 15 is 0 Å². The number of benzene rings is 1. The summed E-state index contributed by atoms with van der Waals surface area (Å²) >= 11 is 0. The standard InChI is InChI=1S/C17H25N3O3/c1-13-5-4-6-15(11-13)23-14(2)17(22)20-9-7-19(8-10-20)12-16(21)18-3/h4-6,11,14H,7-10,12H2,1-3H3,(H,18,21). The summed E-state index contributed by atoms with van der Waals surface area (Å²) in [4.78, 5) is 27.7. The van der Waals surface area contributed by atoms with Crippen LogP contribution in [0.2, 0.25) is 0 Å². The molecule has 1 aromatic rings. The number of hydrogen-bond donors (Lipinski definition) is 1. The Hall–Kier alpha value is -2.08. The number of piperazine rings is 1. The Kier molecular flexibility index (Phi) is 5.98. The summed E-state index contributed by atoms with van der Waals surface area (Å²) in [6.07, 6.45) is -0.512. The minimum absolute atomic E-state index is 0.000857. The van der Waals surface area contributed by atoms with Gasteiger partial charge in [0.2, 0.25) is 5.91 Å². The number of nitrogens with one attached hydrogen (secondary N) is 1. The van der Waals surface area contributed by atoms with Crippen LogP contribution < -0.4 is 10.1 Å². The fraction of sp³-hybridized carbons (Fsp3) is 0.529. The molecule has 1 fully saturated rings. The highest BCUT2D eigenvalue weighted by Crippen LogP contribution is 2.15.